The van der Waals surface area contributed by atoms with Crippen LogP contribution in [0.1, 0.15) is 5.56 Å². The van der Waals surface area contributed by atoms with Gasteiger partial charge in [-0.25, -0.2) is 4.98 Å². The van der Waals surface area contributed by atoms with Crippen LogP contribution in [0.4, 0.5) is 17.5 Å². The van der Waals surface area contributed by atoms with E-state index < -0.39 is 0 Å². The molecule has 5 aromatic rings. The van der Waals surface area contributed by atoms with Gasteiger partial charge in [0.25, 0.3) is 0 Å². The van der Waals surface area contributed by atoms with Crippen molar-refractivity contribution in [2.24, 2.45) is 0 Å². The number of phenolic OH excluding ortho intramolecular Hbond substituents is 1. The topological polar surface area (TPSA) is 116 Å². The Bertz CT molecular complexity index is 1480. The van der Waals surface area contributed by atoms with Crippen molar-refractivity contribution in [2.45, 2.75) is 6.42 Å². The van der Waals surface area contributed by atoms with Crippen LogP contribution in [-0.4, -0.2) is 52.5 Å². The molecule has 0 aliphatic rings. The van der Waals surface area contributed by atoms with Crippen molar-refractivity contribution in [3.63, 3.8) is 0 Å². The minimum Gasteiger partial charge on any atom is -0.508 e. The molecule has 0 bridgehead atoms. The first-order valence-electron chi connectivity index (χ1n) is 11.5. The summed E-state index contributed by atoms with van der Waals surface area (Å²) in [4.78, 5) is 14.1. The number of fused-ring (bicyclic) bond motifs is 1. The number of hydrogen-bond acceptors (Lipinski definition) is 10. The number of nitrogens with one attached hydrogen (secondary N) is 2. The second kappa shape index (κ2) is 10.6. The maximum absolute atomic E-state index is 9.53. The maximum atomic E-state index is 9.53. The molecule has 0 saturated carbocycles. The van der Waals surface area contributed by atoms with E-state index in [1.807, 2.05) is 33.5 Å². The van der Waals surface area contributed by atoms with Gasteiger partial charge in [0.1, 0.15) is 12.1 Å². The summed E-state index contributed by atoms with van der Waals surface area (Å²) in [6, 6.07) is 12.8. The van der Waals surface area contributed by atoms with Gasteiger partial charge in [0.2, 0.25) is 11.7 Å². The van der Waals surface area contributed by atoms with Gasteiger partial charge in [0.15, 0.2) is 28.5 Å². The largest absolute Gasteiger partial charge is 0.508 e. The molecule has 5 rings (SSSR count). The first-order chi connectivity index (χ1) is 18.1. The normalized spacial score (nSPS) is 10.9. The Balaban J connectivity index is 1.50. The van der Waals surface area contributed by atoms with Crippen LogP contribution in [0.25, 0.3) is 16.9 Å². The molecule has 0 fully saturated rings. The number of anilines is 3. The van der Waals surface area contributed by atoms with Gasteiger partial charge in [-0.2, -0.15) is 21.3 Å². The number of aromatic nitrogens is 4. The molecule has 3 N–H and O–H groups in total. The number of rotatable bonds is 10. The smallest absolute Gasteiger partial charge is 0.231 e. The Morgan fingerprint density at radius 2 is 1.73 bits per heavy atom. The highest BCUT2D eigenvalue weighted by Gasteiger charge is 2.17. The zero-order chi connectivity index (χ0) is 25.8. The van der Waals surface area contributed by atoms with Gasteiger partial charge in [0.05, 0.1) is 27.0 Å². The summed E-state index contributed by atoms with van der Waals surface area (Å²) in [5.41, 5.74) is 4.06. The van der Waals surface area contributed by atoms with E-state index in [0.717, 1.165) is 17.7 Å². The second-order valence-electron chi connectivity index (χ2n) is 8.05. The molecule has 10 nitrogen and oxygen atoms in total. The highest BCUT2D eigenvalue weighted by Crippen LogP contribution is 2.40. The van der Waals surface area contributed by atoms with Gasteiger partial charge in [-0.3, -0.25) is 4.57 Å². The predicted octanol–water partition coefficient (Wildman–Crippen LogP) is 5.01. The molecule has 190 valence electrons. The zero-order valence-electron chi connectivity index (χ0n) is 20.6. The van der Waals surface area contributed by atoms with Crippen molar-refractivity contribution in [2.75, 3.05) is 38.5 Å². The highest BCUT2D eigenvalue weighted by atomic mass is 32.1. The number of hydrogen-bond donors (Lipinski definition) is 3. The number of imidazole rings is 1. The summed E-state index contributed by atoms with van der Waals surface area (Å²) >= 11 is 1.60. The molecule has 0 atom stereocenters. The van der Waals surface area contributed by atoms with E-state index in [1.165, 1.54) is 0 Å². The third kappa shape index (κ3) is 5.07. The quantitative estimate of drug-likeness (QED) is 0.235. The Kier molecular flexibility index (Phi) is 6.95. The van der Waals surface area contributed by atoms with Crippen LogP contribution in [0.5, 0.6) is 23.0 Å². The molecule has 0 saturated heterocycles. The average molecular weight is 519 g/mol. The number of phenols is 1. The van der Waals surface area contributed by atoms with Crippen LogP contribution in [-0.2, 0) is 6.42 Å². The molecular formula is C26H26N6O4S. The average Bonchev–Trinajstić information content (AvgIpc) is 3.59. The van der Waals surface area contributed by atoms with Gasteiger partial charge >= 0.3 is 0 Å². The van der Waals surface area contributed by atoms with Crippen LogP contribution < -0.4 is 24.8 Å². The molecule has 11 heteroatoms. The van der Waals surface area contributed by atoms with E-state index in [1.54, 1.807) is 63.3 Å². The molecule has 3 heterocycles. The molecule has 37 heavy (non-hydrogen) atoms. The van der Waals surface area contributed by atoms with E-state index in [4.69, 9.17) is 24.2 Å². The van der Waals surface area contributed by atoms with E-state index in [-0.39, 0.29) is 5.75 Å². The fourth-order valence-corrected chi connectivity index (χ4v) is 4.56. The summed E-state index contributed by atoms with van der Waals surface area (Å²) in [6.07, 6.45) is 2.49. The molecule has 0 amide bonds. The molecular weight excluding hydrogens is 492 g/mol. The minimum atomic E-state index is 0.246. The molecule has 0 spiro atoms. The molecule has 2 aromatic carbocycles. The lowest BCUT2D eigenvalue weighted by atomic mass is 10.1. The van der Waals surface area contributed by atoms with Crippen molar-refractivity contribution in [3.8, 4) is 28.7 Å². The summed E-state index contributed by atoms with van der Waals surface area (Å²) in [5.74, 6) is 2.76. The fraction of sp³-hybridized carbons (Fsp3) is 0.192. The first-order valence-corrected chi connectivity index (χ1v) is 12.4. The molecule has 0 aliphatic heterocycles. The first kappa shape index (κ1) is 24.2. The van der Waals surface area contributed by atoms with Crippen molar-refractivity contribution in [3.05, 3.63) is 65.1 Å². The second-order valence-corrected chi connectivity index (χ2v) is 8.83. The van der Waals surface area contributed by atoms with Crippen LogP contribution in [0.2, 0.25) is 0 Å². The van der Waals surface area contributed by atoms with Crippen LogP contribution in [0.15, 0.2) is 59.6 Å². The number of benzene rings is 2. The Labute approximate surface area is 217 Å². The van der Waals surface area contributed by atoms with E-state index in [0.29, 0.717) is 52.4 Å². The molecule has 0 aliphatic carbocycles. The summed E-state index contributed by atoms with van der Waals surface area (Å²) < 4.78 is 18.3. The zero-order valence-corrected chi connectivity index (χ0v) is 21.4. The van der Waals surface area contributed by atoms with Crippen LogP contribution in [0.3, 0.4) is 0 Å². The van der Waals surface area contributed by atoms with Crippen molar-refractivity contribution >= 4 is 40.0 Å². The molecule has 0 unspecified atom stereocenters. The Morgan fingerprint density at radius 3 is 2.38 bits per heavy atom. The van der Waals surface area contributed by atoms with E-state index >= 15 is 0 Å². The standard InChI is InChI=1S/C26H26N6O4S/c1-34-20-12-17(13-21(35-2)23(20)36-3)29-26-30-24(27-10-8-16-4-6-19(33)7-5-16)22-25(31-26)32(15-28-22)18-9-11-37-14-18/h4-7,9,11-15,33H,8,10H2,1-3H3,(H2,27,29,30,31). The number of ether oxygens (including phenoxy) is 3. The van der Waals surface area contributed by atoms with Crippen molar-refractivity contribution in [1.29, 1.82) is 0 Å². The van der Waals surface area contributed by atoms with Crippen molar-refractivity contribution < 1.29 is 19.3 Å². The van der Waals surface area contributed by atoms with Gasteiger partial charge in [-0.05, 0) is 35.6 Å². The SMILES string of the molecule is COc1cc(Nc2nc(NCCc3ccc(O)cc3)c3ncn(-c4ccsc4)c3n2)cc(OC)c1OC. The predicted molar refractivity (Wildman–Crippen MR) is 144 cm³/mol. The lowest BCUT2D eigenvalue weighted by Gasteiger charge is -2.15. The Hall–Kier alpha value is -4.51. The lowest BCUT2D eigenvalue weighted by Crippen LogP contribution is -2.09. The molecule has 0 radical (unpaired) electrons. The lowest BCUT2D eigenvalue weighted by molar-refractivity contribution is 0.324. The van der Waals surface area contributed by atoms with Gasteiger partial charge in [-0.1, -0.05) is 12.1 Å². The van der Waals surface area contributed by atoms with E-state index in [2.05, 4.69) is 15.6 Å². The Morgan fingerprint density at radius 1 is 0.973 bits per heavy atom. The van der Waals surface area contributed by atoms with E-state index in [9.17, 15) is 5.11 Å². The summed E-state index contributed by atoms with van der Waals surface area (Å²) in [6.45, 7) is 0.617. The molecule has 3 aromatic heterocycles. The summed E-state index contributed by atoms with van der Waals surface area (Å²) in [7, 11) is 4.70. The maximum Gasteiger partial charge on any atom is 0.231 e. The van der Waals surface area contributed by atoms with Crippen LogP contribution in [0, 0.1) is 0 Å². The number of methoxy groups -OCH3 is 3. The van der Waals surface area contributed by atoms with Gasteiger partial charge < -0.3 is 30.0 Å². The van der Waals surface area contributed by atoms with Gasteiger partial charge in [-0.15, -0.1) is 0 Å². The number of nitrogens with zero attached hydrogens (tertiary/aromatic N) is 4. The minimum absolute atomic E-state index is 0.246. The number of thiophene rings is 1. The van der Waals surface area contributed by atoms with Crippen molar-refractivity contribution in [1.82, 2.24) is 19.5 Å². The number of aromatic hydroxyl groups is 1. The van der Waals surface area contributed by atoms with Crippen LogP contribution >= 0.6 is 11.3 Å². The third-order valence-electron chi connectivity index (χ3n) is 5.74. The summed E-state index contributed by atoms with van der Waals surface area (Å²) in [5, 5.41) is 20.2. The monoisotopic (exact) mass is 518 g/mol. The fourth-order valence-electron chi connectivity index (χ4n) is 3.93. The van der Waals surface area contributed by atoms with Gasteiger partial charge in [0, 0.05) is 29.7 Å². The highest BCUT2D eigenvalue weighted by molar-refractivity contribution is 7.08. The third-order valence-corrected chi connectivity index (χ3v) is 6.41.